The van der Waals surface area contributed by atoms with E-state index in [0.29, 0.717) is 34.9 Å². The number of hydrogen-bond acceptors (Lipinski definition) is 5. The zero-order valence-electron chi connectivity index (χ0n) is 28.8. The second kappa shape index (κ2) is 13.3. The third kappa shape index (κ3) is 5.82. The van der Waals surface area contributed by atoms with Gasteiger partial charge in [0, 0.05) is 14.2 Å². The zero-order chi connectivity index (χ0) is 31.9. The number of methoxy groups -OCH3 is 2. The summed E-state index contributed by atoms with van der Waals surface area (Å²) in [6, 6.07) is 10.9. The molecule has 6 aliphatic carbocycles. The van der Waals surface area contributed by atoms with Crippen molar-refractivity contribution in [1.82, 2.24) is 0 Å². The number of carbonyl (C=O) groups is 1. The van der Waals surface area contributed by atoms with Crippen molar-refractivity contribution in [2.45, 2.75) is 116 Å². The van der Waals surface area contributed by atoms with Gasteiger partial charge in [-0.3, -0.25) is 4.79 Å². The predicted molar refractivity (Wildman–Crippen MR) is 182 cm³/mol. The van der Waals surface area contributed by atoms with Crippen LogP contribution in [0.2, 0.25) is 0 Å². The lowest BCUT2D eigenvalue weighted by atomic mass is 9.56. The van der Waals surface area contributed by atoms with Crippen LogP contribution in [0.25, 0.3) is 0 Å². The summed E-state index contributed by atoms with van der Waals surface area (Å²) in [6.45, 7) is 5.62. The molecule has 4 saturated carbocycles. The van der Waals surface area contributed by atoms with Gasteiger partial charge >= 0.3 is 0 Å². The van der Waals surface area contributed by atoms with Crippen LogP contribution in [0.15, 0.2) is 30.3 Å². The molecule has 6 unspecified atom stereocenters. The molecule has 2 aromatic carbocycles. The fourth-order valence-corrected chi connectivity index (χ4v) is 11.7. The first kappa shape index (κ1) is 32.2. The topological polar surface area (TPSA) is 54.0 Å². The highest BCUT2D eigenvalue weighted by atomic mass is 16.7. The van der Waals surface area contributed by atoms with E-state index in [-0.39, 0.29) is 6.79 Å². The zero-order valence-corrected chi connectivity index (χ0v) is 28.8. The summed E-state index contributed by atoms with van der Waals surface area (Å²) in [5, 5.41) is 0. The van der Waals surface area contributed by atoms with E-state index in [1.165, 1.54) is 100 Å². The molecule has 0 aromatic heterocycles. The highest BCUT2D eigenvalue weighted by Crippen LogP contribution is 2.62. The lowest BCUT2D eigenvalue weighted by molar-refractivity contribution is 0.0495. The maximum absolute atomic E-state index is 11.5. The fourth-order valence-electron chi connectivity index (χ4n) is 11.7. The molecule has 4 fully saturated rings. The first-order valence-electron chi connectivity index (χ1n) is 18.4. The molecular weight excluding hydrogens is 572 g/mol. The van der Waals surface area contributed by atoms with Crippen molar-refractivity contribution in [2.24, 2.45) is 34.5 Å². The Bertz CT molecular complexity index is 1400. The average Bonchev–Trinajstić information content (AvgIpc) is 3.68. The highest BCUT2D eigenvalue weighted by Gasteiger charge is 2.51. The van der Waals surface area contributed by atoms with Gasteiger partial charge in [0.1, 0.15) is 11.5 Å². The maximum atomic E-state index is 11.5. The van der Waals surface area contributed by atoms with Crippen molar-refractivity contribution in [3.8, 4) is 11.5 Å². The summed E-state index contributed by atoms with van der Waals surface area (Å²) in [5.74, 6) is 6.67. The van der Waals surface area contributed by atoms with Gasteiger partial charge in [-0.15, -0.1) is 0 Å². The van der Waals surface area contributed by atoms with Gasteiger partial charge in [-0.05, 0) is 170 Å². The van der Waals surface area contributed by atoms with Crippen LogP contribution in [0.3, 0.4) is 0 Å². The molecule has 8 rings (SSSR count). The number of aldehydes is 1. The van der Waals surface area contributed by atoms with Gasteiger partial charge in [-0.1, -0.05) is 32.8 Å². The molecule has 0 saturated heterocycles. The monoisotopic (exact) mass is 628 g/mol. The van der Waals surface area contributed by atoms with Crippen LogP contribution in [0, 0.1) is 34.5 Å². The first-order chi connectivity index (χ1) is 22.4. The molecule has 0 bridgehead atoms. The Morgan fingerprint density at radius 1 is 0.696 bits per heavy atom. The Kier molecular flexibility index (Phi) is 9.28. The second-order valence-electron chi connectivity index (χ2n) is 16.2. The SMILES string of the molecule is COCOc1cc2c(cc1C=O)C1CC[C@]3(C)CCCC3C1CC2.COCOc1ccc2c(c1)CCC1C2CC[C@]2(C)CCCC12. The Hall–Kier alpha value is -2.37. The second-order valence-corrected chi connectivity index (χ2v) is 16.2. The molecule has 5 nitrogen and oxygen atoms in total. The van der Waals surface area contributed by atoms with E-state index in [1.807, 2.05) is 0 Å². The summed E-state index contributed by atoms with van der Waals surface area (Å²) in [5.41, 5.74) is 7.85. The molecule has 8 atom stereocenters. The standard InChI is InChI=1S/C21H28O3.C20H28O2/c1-21-8-3-4-19(21)17-6-5-14-11-20(24-13-23-2)15(12-22)10-18(14)16(17)7-9-21;1-20-10-3-4-19(20)18-7-5-14-12-15(22-13-21-2)6-8-16(14)17(18)9-11-20/h10-12,16-17,19H,3-9,13H2,1-2H3;6,8,12,17-19H,3-5,7,9-11,13H2,1-2H3/t16?,17?,19?,21-;17?,18?,19?,20-/m00/s1. The van der Waals surface area contributed by atoms with E-state index >= 15 is 0 Å². The van der Waals surface area contributed by atoms with Gasteiger partial charge in [0.25, 0.3) is 0 Å². The minimum absolute atomic E-state index is 0.187. The molecule has 2 aromatic rings. The van der Waals surface area contributed by atoms with Gasteiger partial charge in [0.15, 0.2) is 19.9 Å². The van der Waals surface area contributed by atoms with Gasteiger partial charge in [-0.25, -0.2) is 0 Å². The van der Waals surface area contributed by atoms with Crippen LogP contribution in [0.1, 0.15) is 135 Å². The van der Waals surface area contributed by atoms with Crippen molar-refractivity contribution >= 4 is 6.29 Å². The van der Waals surface area contributed by atoms with E-state index in [4.69, 9.17) is 18.9 Å². The van der Waals surface area contributed by atoms with Crippen molar-refractivity contribution in [3.05, 3.63) is 58.1 Å². The summed E-state index contributed by atoms with van der Waals surface area (Å²) in [6.07, 6.45) is 20.0. The third-order valence-corrected chi connectivity index (χ3v) is 13.9. The van der Waals surface area contributed by atoms with E-state index in [1.54, 1.807) is 19.8 Å². The number of aryl methyl sites for hydroxylation is 2. The molecule has 5 heteroatoms. The molecule has 0 amide bonds. The number of fused-ring (bicyclic) bond motifs is 10. The Morgan fingerprint density at radius 3 is 1.89 bits per heavy atom. The van der Waals surface area contributed by atoms with Crippen molar-refractivity contribution in [3.63, 3.8) is 0 Å². The van der Waals surface area contributed by atoms with Crippen LogP contribution < -0.4 is 9.47 Å². The Morgan fingerprint density at radius 2 is 1.28 bits per heavy atom. The Balaban J connectivity index is 0.000000147. The maximum Gasteiger partial charge on any atom is 0.188 e. The number of rotatable bonds is 7. The number of hydrogen-bond donors (Lipinski definition) is 0. The minimum Gasteiger partial charge on any atom is -0.468 e. The van der Waals surface area contributed by atoms with Gasteiger partial charge in [0.05, 0.1) is 5.56 Å². The lowest BCUT2D eigenvalue weighted by Gasteiger charge is -2.49. The molecular formula is C41H56O5. The third-order valence-electron chi connectivity index (χ3n) is 13.9. The summed E-state index contributed by atoms with van der Waals surface area (Å²) < 4.78 is 21.2. The number of ether oxygens (including phenoxy) is 4. The van der Waals surface area contributed by atoms with E-state index in [2.05, 4.69) is 44.2 Å². The molecule has 0 aliphatic heterocycles. The van der Waals surface area contributed by atoms with Crippen molar-refractivity contribution < 1.29 is 23.7 Å². The smallest absolute Gasteiger partial charge is 0.188 e. The predicted octanol–water partition coefficient (Wildman–Crippen LogP) is 9.64. The van der Waals surface area contributed by atoms with Gasteiger partial charge < -0.3 is 18.9 Å². The van der Waals surface area contributed by atoms with Crippen LogP contribution in [0.4, 0.5) is 0 Å². The normalized spacial score (nSPS) is 35.2. The average molecular weight is 629 g/mol. The van der Waals surface area contributed by atoms with Crippen LogP contribution >= 0.6 is 0 Å². The van der Waals surface area contributed by atoms with E-state index in [9.17, 15) is 4.79 Å². The molecule has 0 spiro atoms. The van der Waals surface area contributed by atoms with Gasteiger partial charge in [-0.2, -0.15) is 0 Å². The van der Waals surface area contributed by atoms with Gasteiger partial charge in [0.2, 0.25) is 0 Å². The molecule has 46 heavy (non-hydrogen) atoms. The summed E-state index contributed by atoms with van der Waals surface area (Å²) in [4.78, 5) is 11.5. The van der Waals surface area contributed by atoms with Crippen LogP contribution in [-0.2, 0) is 22.3 Å². The largest absolute Gasteiger partial charge is 0.468 e. The van der Waals surface area contributed by atoms with Crippen molar-refractivity contribution in [2.75, 3.05) is 27.8 Å². The molecule has 0 N–H and O–H groups in total. The highest BCUT2D eigenvalue weighted by molar-refractivity contribution is 5.80. The molecule has 0 heterocycles. The molecule has 0 radical (unpaired) electrons. The van der Waals surface area contributed by atoms with Crippen LogP contribution in [-0.4, -0.2) is 34.1 Å². The number of benzene rings is 2. The summed E-state index contributed by atoms with van der Waals surface area (Å²) in [7, 11) is 3.27. The minimum atomic E-state index is 0.187. The van der Waals surface area contributed by atoms with Crippen molar-refractivity contribution in [1.29, 1.82) is 0 Å². The Labute approximate surface area is 277 Å². The fraction of sp³-hybridized carbons (Fsp3) is 0.683. The van der Waals surface area contributed by atoms with E-state index in [0.717, 1.165) is 48.0 Å². The lowest BCUT2D eigenvalue weighted by Crippen LogP contribution is -2.39. The number of carbonyl (C=O) groups excluding carboxylic acids is 1. The first-order valence-corrected chi connectivity index (χ1v) is 18.4. The summed E-state index contributed by atoms with van der Waals surface area (Å²) >= 11 is 0. The van der Waals surface area contributed by atoms with Crippen LogP contribution in [0.5, 0.6) is 11.5 Å². The molecule has 6 aliphatic rings. The molecule has 250 valence electrons. The van der Waals surface area contributed by atoms with E-state index < -0.39 is 0 Å². The quantitative estimate of drug-likeness (QED) is 0.226.